The summed E-state index contributed by atoms with van der Waals surface area (Å²) < 4.78 is 7.08. The molecule has 0 amide bonds. The second-order valence-electron chi connectivity index (χ2n) is 5.25. The van der Waals surface area contributed by atoms with Gasteiger partial charge in [0.1, 0.15) is 11.3 Å². The number of nitrogens with zero attached hydrogens (tertiary/aromatic N) is 3. The van der Waals surface area contributed by atoms with E-state index in [1.165, 1.54) is 5.56 Å². The zero-order chi connectivity index (χ0) is 16.1. The Balaban J connectivity index is 1.90. The molecule has 0 aliphatic carbocycles. The van der Waals surface area contributed by atoms with E-state index in [4.69, 9.17) is 4.74 Å². The van der Waals surface area contributed by atoms with Gasteiger partial charge in [-0.25, -0.2) is 9.97 Å². The minimum absolute atomic E-state index is 0.196. The zero-order valence-electron chi connectivity index (χ0n) is 13.1. The lowest BCUT2D eigenvalue weighted by molar-refractivity contribution is -0.143. The van der Waals surface area contributed by atoms with Crippen LogP contribution in [0.3, 0.4) is 0 Å². The molecule has 3 rings (SSSR count). The van der Waals surface area contributed by atoms with Crippen LogP contribution in [0.15, 0.2) is 48.7 Å². The fourth-order valence-corrected chi connectivity index (χ4v) is 2.58. The van der Waals surface area contributed by atoms with E-state index in [0.717, 1.165) is 17.0 Å². The second kappa shape index (κ2) is 7.05. The van der Waals surface area contributed by atoms with Gasteiger partial charge in [-0.15, -0.1) is 0 Å². The van der Waals surface area contributed by atoms with Gasteiger partial charge in [0.05, 0.1) is 19.6 Å². The Morgan fingerprint density at radius 2 is 2.00 bits per heavy atom. The maximum atomic E-state index is 11.6. The van der Waals surface area contributed by atoms with Gasteiger partial charge in [-0.2, -0.15) is 0 Å². The van der Waals surface area contributed by atoms with Crippen LogP contribution in [-0.2, 0) is 22.5 Å². The number of pyridine rings is 1. The lowest BCUT2D eigenvalue weighted by Gasteiger charge is -2.08. The summed E-state index contributed by atoms with van der Waals surface area (Å²) in [5.74, 6) is 0.661. The van der Waals surface area contributed by atoms with Crippen molar-refractivity contribution < 1.29 is 9.53 Å². The number of fused-ring (bicyclic) bond motifs is 1. The maximum Gasteiger partial charge on any atom is 0.306 e. The molecular weight excluding hydrogens is 290 g/mol. The topological polar surface area (TPSA) is 57.0 Å². The molecule has 118 valence electrons. The number of hydrogen-bond acceptors (Lipinski definition) is 4. The molecule has 5 heteroatoms. The van der Waals surface area contributed by atoms with Crippen molar-refractivity contribution >= 4 is 17.1 Å². The van der Waals surface area contributed by atoms with E-state index >= 15 is 0 Å². The number of carbonyl (C=O) groups excluding carboxylic acids is 1. The SMILES string of the molecule is CCOC(=O)CCc1nc2cccnc2n1Cc1ccccc1. The molecule has 0 aliphatic rings. The molecule has 3 aromatic rings. The number of carbonyl (C=O) groups is 1. The average molecular weight is 309 g/mol. The Morgan fingerprint density at radius 3 is 2.78 bits per heavy atom. The number of imidazole rings is 1. The summed E-state index contributed by atoms with van der Waals surface area (Å²) in [5, 5.41) is 0. The van der Waals surface area contributed by atoms with Crippen molar-refractivity contribution in [3.8, 4) is 0 Å². The number of hydrogen-bond donors (Lipinski definition) is 0. The molecule has 2 heterocycles. The lowest BCUT2D eigenvalue weighted by Crippen LogP contribution is -2.10. The van der Waals surface area contributed by atoms with E-state index < -0.39 is 0 Å². The van der Waals surface area contributed by atoms with Gasteiger partial charge in [-0.05, 0) is 24.6 Å². The van der Waals surface area contributed by atoms with Gasteiger partial charge in [0, 0.05) is 12.6 Å². The molecule has 0 spiro atoms. The highest BCUT2D eigenvalue weighted by molar-refractivity contribution is 5.72. The molecule has 0 N–H and O–H groups in total. The standard InChI is InChI=1S/C18H19N3O2/c1-2-23-17(22)11-10-16-20-15-9-6-12-19-18(15)21(16)13-14-7-4-3-5-8-14/h3-9,12H,2,10-11,13H2,1H3. The molecule has 0 saturated carbocycles. The number of esters is 1. The normalized spacial score (nSPS) is 10.8. The number of benzene rings is 1. The monoisotopic (exact) mass is 309 g/mol. The molecule has 0 atom stereocenters. The summed E-state index contributed by atoms with van der Waals surface area (Å²) in [5.41, 5.74) is 2.87. The minimum Gasteiger partial charge on any atom is -0.466 e. The fourth-order valence-electron chi connectivity index (χ4n) is 2.58. The number of aromatic nitrogens is 3. The highest BCUT2D eigenvalue weighted by Crippen LogP contribution is 2.17. The first kappa shape index (κ1) is 15.2. The smallest absolute Gasteiger partial charge is 0.306 e. The maximum absolute atomic E-state index is 11.6. The largest absolute Gasteiger partial charge is 0.466 e. The molecule has 23 heavy (non-hydrogen) atoms. The van der Waals surface area contributed by atoms with Crippen LogP contribution in [0.1, 0.15) is 24.7 Å². The van der Waals surface area contributed by atoms with E-state index in [0.29, 0.717) is 26.0 Å². The molecule has 0 aliphatic heterocycles. The lowest BCUT2D eigenvalue weighted by atomic mass is 10.2. The van der Waals surface area contributed by atoms with Crippen LogP contribution in [0.2, 0.25) is 0 Å². The summed E-state index contributed by atoms with van der Waals surface area (Å²) in [4.78, 5) is 20.7. The van der Waals surface area contributed by atoms with E-state index in [2.05, 4.69) is 26.7 Å². The first-order valence-corrected chi connectivity index (χ1v) is 7.77. The Morgan fingerprint density at radius 1 is 1.17 bits per heavy atom. The van der Waals surface area contributed by atoms with E-state index in [9.17, 15) is 4.79 Å². The Bertz CT molecular complexity index is 796. The Hall–Kier alpha value is -2.69. The van der Waals surface area contributed by atoms with E-state index in [-0.39, 0.29) is 5.97 Å². The third-order valence-electron chi connectivity index (χ3n) is 3.62. The van der Waals surface area contributed by atoms with Crippen molar-refractivity contribution in [2.45, 2.75) is 26.3 Å². The van der Waals surface area contributed by atoms with Crippen molar-refractivity contribution in [1.82, 2.24) is 14.5 Å². The highest BCUT2D eigenvalue weighted by atomic mass is 16.5. The number of aryl methyl sites for hydroxylation is 1. The van der Waals surface area contributed by atoms with Gasteiger partial charge in [0.15, 0.2) is 5.65 Å². The van der Waals surface area contributed by atoms with E-state index in [1.807, 2.05) is 37.3 Å². The van der Waals surface area contributed by atoms with Crippen molar-refractivity contribution in [1.29, 1.82) is 0 Å². The first-order valence-electron chi connectivity index (χ1n) is 7.77. The summed E-state index contributed by atoms with van der Waals surface area (Å²) in [7, 11) is 0. The quantitative estimate of drug-likeness (QED) is 0.657. The van der Waals surface area contributed by atoms with Crippen LogP contribution >= 0.6 is 0 Å². The third kappa shape index (κ3) is 3.56. The fraction of sp³-hybridized carbons (Fsp3) is 0.278. The molecule has 0 unspecified atom stereocenters. The van der Waals surface area contributed by atoms with Crippen LogP contribution in [0.5, 0.6) is 0 Å². The average Bonchev–Trinajstić information content (AvgIpc) is 2.92. The van der Waals surface area contributed by atoms with Crippen LogP contribution in [0, 0.1) is 0 Å². The number of ether oxygens (including phenoxy) is 1. The predicted octanol–water partition coefficient (Wildman–Crippen LogP) is 2.98. The summed E-state index contributed by atoms with van der Waals surface area (Å²) in [6.45, 7) is 2.90. The van der Waals surface area contributed by atoms with Crippen LogP contribution in [0.25, 0.3) is 11.2 Å². The predicted molar refractivity (Wildman–Crippen MR) is 88.0 cm³/mol. The van der Waals surface area contributed by atoms with Crippen LogP contribution in [-0.4, -0.2) is 27.1 Å². The van der Waals surface area contributed by atoms with Crippen LogP contribution in [0.4, 0.5) is 0 Å². The van der Waals surface area contributed by atoms with Crippen molar-refractivity contribution in [3.63, 3.8) is 0 Å². The van der Waals surface area contributed by atoms with Gasteiger partial charge >= 0.3 is 5.97 Å². The molecule has 0 radical (unpaired) electrons. The highest BCUT2D eigenvalue weighted by Gasteiger charge is 2.13. The second-order valence-corrected chi connectivity index (χ2v) is 5.25. The van der Waals surface area contributed by atoms with Gasteiger partial charge < -0.3 is 9.30 Å². The summed E-state index contributed by atoms with van der Waals surface area (Å²) in [6, 6.07) is 14.0. The summed E-state index contributed by atoms with van der Waals surface area (Å²) >= 11 is 0. The molecule has 5 nitrogen and oxygen atoms in total. The third-order valence-corrected chi connectivity index (χ3v) is 3.62. The van der Waals surface area contributed by atoms with Crippen molar-refractivity contribution in [3.05, 3.63) is 60.0 Å². The van der Waals surface area contributed by atoms with Crippen molar-refractivity contribution in [2.24, 2.45) is 0 Å². The molecule has 2 aromatic heterocycles. The van der Waals surface area contributed by atoms with Crippen molar-refractivity contribution in [2.75, 3.05) is 6.61 Å². The van der Waals surface area contributed by atoms with Gasteiger partial charge in [0.2, 0.25) is 0 Å². The molecule has 0 saturated heterocycles. The Labute approximate surface area is 134 Å². The molecule has 0 bridgehead atoms. The van der Waals surface area contributed by atoms with Crippen LogP contribution < -0.4 is 0 Å². The molecular formula is C18H19N3O2. The van der Waals surface area contributed by atoms with Gasteiger partial charge in [0.25, 0.3) is 0 Å². The molecule has 0 fully saturated rings. The van der Waals surface area contributed by atoms with Gasteiger partial charge in [-0.3, -0.25) is 4.79 Å². The molecule has 1 aromatic carbocycles. The summed E-state index contributed by atoms with van der Waals surface area (Å²) in [6.07, 6.45) is 2.63. The first-order chi connectivity index (χ1) is 11.3. The number of rotatable bonds is 6. The van der Waals surface area contributed by atoms with Gasteiger partial charge in [-0.1, -0.05) is 30.3 Å². The Kier molecular flexibility index (Phi) is 4.66. The minimum atomic E-state index is -0.196. The van der Waals surface area contributed by atoms with E-state index in [1.54, 1.807) is 6.20 Å². The zero-order valence-corrected chi connectivity index (χ0v) is 13.1.